The van der Waals surface area contributed by atoms with Gasteiger partial charge in [-0.3, -0.25) is 0 Å². The maximum Gasteiger partial charge on any atom is 0.573 e. The number of hydrogen-bond acceptors (Lipinski definition) is 4. The van der Waals surface area contributed by atoms with Gasteiger partial charge < -0.3 is 19.3 Å². The topological polar surface area (TPSA) is 47.9 Å². The van der Waals surface area contributed by atoms with Gasteiger partial charge in [0.15, 0.2) is 11.5 Å². The van der Waals surface area contributed by atoms with E-state index in [1.807, 2.05) is 0 Å². The van der Waals surface area contributed by atoms with Crippen LogP contribution in [0, 0.1) is 0 Å². The van der Waals surface area contributed by atoms with Crippen LogP contribution < -0.4 is 14.2 Å². The molecule has 0 saturated heterocycles. The normalized spacial score (nSPS) is 11.1. The first-order valence-corrected chi connectivity index (χ1v) is 6.15. The molecule has 0 bridgehead atoms. The third kappa shape index (κ3) is 3.55. The molecule has 2 aromatic carbocycles. The number of aromatic hydroxyl groups is 1. The summed E-state index contributed by atoms with van der Waals surface area (Å²) in [5, 5.41) is 9.71. The SMILES string of the molecule is COc1ccc(OC)c(-c2ccc(OC(F)(F)F)c(O)c2)c1. The van der Waals surface area contributed by atoms with Crippen LogP contribution in [-0.2, 0) is 0 Å². The number of hydrogen-bond donors (Lipinski definition) is 1. The van der Waals surface area contributed by atoms with Crippen molar-refractivity contribution in [1.82, 2.24) is 0 Å². The highest BCUT2D eigenvalue weighted by Crippen LogP contribution is 2.39. The number of phenolic OH excluding ortho intramolecular Hbond substituents is 1. The van der Waals surface area contributed by atoms with E-state index < -0.39 is 17.9 Å². The number of alkyl halides is 3. The summed E-state index contributed by atoms with van der Waals surface area (Å²) < 4.78 is 50.6. The summed E-state index contributed by atoms with van der Waals surface area (Å²) in [6.07, 6.45) is -4.87. The summed E-state index contributed by atoms with van der Waals surface area (Å²) in [6.45, 7) is 0. The number of phenols is 1. The lowest BCUT2D eigenvalue weighted by Crippen LogP contribution is -2.17. The van der Waals surface area contributed by atoms with Crippen LogP contribution in [0.1, 0.15) is 0 Å². The van der Waals surface area contributed by atoms with E-state index in [9.17, 15) is 18.3 Å². The van der Waals surface area contributed by atoms with Crippen molar-refractivity contribution in [2.75, 3.05) is 14.2 Å². The number of benzene rings is 2. The second-order valence-electron chi connectivity index (χ2n) is 4.30. The lowest BCUT2D eigenvalue weighted by atomic mass is 10.0. The van der Waals surface area contributed by atoms with Crippen LogP contribution in [-0.4, -0.2) is 25.7 Å². The highest BCUT2D eigenvalue weighted by atomic mass is 19.4. The first-order valence-electron chi connectivity index (χ1n) is 6.15. The second kappa shape index (κ2) is 6.05. The van der Waals surface area contributed by atoms with Crippen LogP contribution in [0.2, 0.25) is 0 Å². The van der Waals surface area contributed by atoms with Crippen molar-refractivity contribution in [2.24, 2.45) is 0 Å². The van der Waals surface area contributed by atoms with E-state index in [4.69, 9.17) is 9.47 Å². The van der Waals surface area contributed by atoms with Crippen molar-refractivity contribution >= 4 is 0 Å². The van der Waals surface area contributed by atoms with Gasteiger partial charge in [-0.2, -0.15) is 0 Å². The van der Waals surface area contributed by atoms with Gasteiger partial charge in [-0.25, -0.2) is 0 Å². The molecule has 0 aliphatic carbocycles. The smallest absolute Gasteiger partial charge is 0.504 e. The van der Waals surface area contributed by atoms with Crippen molar-refractivity contribution in [3.63, 3.8) is 0 Å². The minimum atomic E-state index is -4.87. The van der Waals surface area contributed by atoms with Gasteiger partial charge in [0.1, 0.15) is 11.5 Å². The Hall–Kier alpha value is -2.57. The fraction of sp³-hybridized carbons (Fsp3) is 0.200. The van der Waals surface area contributed by atoms with E-state index >= 15 is 0 Å². The third-order valence-electron chi connectivity index (χ3n) is 2.90. The molecule has 0 aromatic heterocycles. The molecule has 0 saturated carbocycles. The largest absolute Gasteiger partial charge is 0.573 e. The molecular weight excluding hydrogens is 301 g/mol. The van der Waals surface area contributed by atoms with E-state index in [1.165, 1.54) is 26.4 Å². The molecule has 0 radical (unpaired) electrons. The first kappa shape index (κ1) is 15.8. The number of ether oxygens (including phenoxy) is 3. The molecule has 0 aliphatic rings. The zero-order chi connectivity index (χ0) is 16.3. The highest BCUT2D eigenvalue weighted by molar-refractivity contribution is 5.74. The maximum absolute atomic E-state index is 12.2. The van der Waals surface area contributed by atoms with Gasteiger partial charge in [-0.15, -0.1) is 13.2 Å². The first-order chi connectivity index (χ1) is 10.3. The fourth-order valence-corrected chi connectivity index (χ4v) is 1.94. The van der Waals surface area contributed by atoms with E-state index in [-0.39, 0.29) is 0 Å². The van der Waals surface area contributed by atoms with Crippen LogP contribution >= 0.6 is 0 Å². The van der Waals surface area contributed by atoms with E-state index in [2.05, 4.69) is 4.74 Å². The van der Waals surface area contributed by atoms with Crippen LogP contribution in [0.4, 0.5) is 13.2 Å². The Labute approximate surface area is 124 Å². The second-order valence-corrected chi connectivity index (χ2v) is 4.30. The Balaban J connectivity index is 2.44. The van der Waals surface area contributed by atoms with Gasteiger partial charge in [0.2, 0.25) is 0 Å². The van der Waals surface area contributed by atoms with Crippen LogP contribution in [0.25, 0.3) is 11.1 Å². The van der Waals surface area contributed by atoms with Gasteiger partial charge in [0.25, 0.3) is 0 Å². The molecule has 0 heterocycles. The standard InChI is InChI=1S/C15H13F3O4/c1-20-10-4-6-13(21-2)11(8-10)9-3-5-14(12(19)7-9)22-15(16,17)18/h3-8,19H,1-2H3. The maximum atomic E-state index is 12.2. The van der Waals surface area contributed by atoms with E-state index in [0.29, 0.717) is 22.6 Å². The quantitative estimate of drug-likeness (QED) is 0.927. The Morgan fingerprint density at radius 1 is 0.909 bits per heavy atom. The molecule has 4 nitrogen and oxygen atoms in total. The van der Waals surface area contributed by atoms with Crippen molar-refractivity contribution in [1.29, 1.82) is 0 Å². The third-order valence-corrected chi connectivity index (χ3v) is 2.90. The molecule has 0 unspecified atom stereocenters. The molecule has 2 rings (SSSR count). The van der Waals surface area contributed by atoms with E-state index in [0.717, 1.165) is 6.07 Å². The van der Waals surface area contributed by atoms with Gasteiger partial charge in [-0.1, -0.05) is 6.07 Å². The monoisotopic (exact) mass is 314 g/mol. The Morgan fingerprint density at radius 3 is 2.14 bits per heavy atom. The van der Waals surface area contributed by atoms with E-state index in [1.54, 1.807) is 18.2 Å². The van der Waals surface area contributed by atoms with Gasteiger partial charge in [0, 0.05) is 5.56 Å². The predicted octanol–water partition coefficient (Wildman–Crippen LogP) is 3.98. The summed E-state index contributed by atoms with van der Waals surface area (Å²) >= 11 is 0. The van der Waals surface area contributed by atoms with Crippen LogP contribution in [0.5, 0.6) is 23.0 Å². The molecule has 1 N–H and O–H groups in total. The molecule has 2 aromatic rings. The lowest BCUT2D eigenvalue weighted by Gasteiger charge is -2.13. The summed E-state index contributed by atoms with van der Waals surface area (Å²) in [7, 11) is 2.95. The zero-order valence-electron chi connectivity index (χ0n) is 11.8. The molecule has 0 fully saturated rings. The van der Waals surface area contributed by atoms with Crippen molar-refractivity contribution < 1.29 is 32.5 Å². The van der Waals surface area contributed by atoms with Gasteiger partial charge in [0.05, 0.1) is 14.2 Å². The van der Waals surface area contributed by atoms with Crippen LogP contribution in [0.15, 0.2) is 36.4 Å². The Kier molecular flexibility index (Phi) is 4.35. The number of methoxy groups -OCH3 is 2. The molecule has 22 heavy (non-hydrogen) atoms. The van der Waals surface area contributed by atoms with Gasteiger partial charge in [-0.05, 0) is 35.9 Å². The molecular formula is C15H13F3O4. The highest BCUT2D eigenvalue weighted by Gasteiger charge is 2.32. The minimum Gasteiger partial charge on any atom is -0.504 e. The summed E-state index contributed by atoms with van der Waals surface area (Å²) in [6, 6.07) is 8.58. The fourth-order valence-electron chi connectivity index (χ4n) is 1.94. The molecule has 0 spiro atoms. The predicted molar refractivity (Wildman–Crippen MR) is 73.3 cm³/mol. The summed E-state index contributed by atoms with van der Waals surface area (Å²) in [4.78, 5) is 0. The minimum absolute atomic E-state index is 0.461. The molecule has 118 valence electrons. The average molecular weight is 314 g/mol. The molecule has 0 atom stereocenters. The number of rotatable bonds is 4. The van der Waals surface area contributed by atoms with Crippen molar-refractivity contribution in [2.45, 2.75) is 6.36 Å². The summed E-state index contributed by atoms with van der Waals surface area (Å²) in [5.41, 5.74) is 1.03. The van der Waals surface area contributed by atoms with Crippen molar-refractivity contribution in [3.05, 3.63) is 36.4 Å². The Bertz CT molecular complexity index is 668. The lowest BCUT2D eigenvalue weighted by molar-refractivity contribution is -0.275. The summed E-state index contributed by atoms with van der Waals surface area (Å²) in [5.74, 6) is -0.256. The molecule has 7 heteroatoms. The van der Waals surface area contributed by atoms with Crippen LogP contribution in [0.3, 0.4) is 0 Å². The molecule has 0 aliphatic heterocycles. The van der Waals surface area contributed by atoms with Gasteiger partial charge >= 0.3 is 6.36 Å². The van der Waals surface area contributed by atoms with Crippen molar-refractivity contribution in [3.8, 4) is 34.1 Å². The zero-order valence-corrected chi connectivity index (χ0v) is 11.8. The molecule has 0 amide bonds. The Morgan fingerprint density at radius 2 is 1.59 bits per heavy atom. The number of halogens is 3. The average Bonchev–Trinajstić information content (AvgIpc) is 2.47.